The Bertz CT molecular complexity index is 542. The van der Waals surface area contributed by atoms with Crippen molar-refractivity contribution in [2.75, 3.05) is 17.2 Å². The van der Waals surface area contributed by atoms with Crippen molar-refractivity contribution in [2.45, 2.75) is 13.8 Å². The number of benzene rings is 1. The van der Waals surface area contributed by atoms with E-state index < -0.39 is 0 Å². The maximum Gasteiger partial charge on any atom is 0.150 e. The van der Waals surface area contributed by atoms with Gasteiger partial charge in [0.1, 0.15) is 22.4 Å². The Morgan fingerprint density at radius 3 is 2.72 bits per heavy atom. The molecule has 1 aromatic carbocycles. The number of hydrogen-bond acceptors (Lipinski definition) is 4. The van der Waals surface area contributed by atoms with Crippen molar-refractivity contribution >= 4 is 33.3 Å². The van der Waals surface area contributed by atoms with Gasteiger partial charge >= 0.3 is 0 Å². The molecule has 0 saturated heterocycles. The van der Waals surface area contributed by atoms with Crippen molar-refractivity contribution in [3.63, 3.8) is 0 Å². The molecular formula is C13H15BrN4. The lowest BCUT2D eigenvalue weighted by molar-refractivity contribution is 1.10. The molecule has 1 aromatic heterocycles. The molecule has 0 spiro atoms. The van der Waals surface area contributed by atoms with E-state index in [4.69, 9.17) is 0 Å². The van der Waals surface area contributed by atoms with Crippen LogP contribution in [0.5, 0.6) is 0 Å². The van der Waals surface area contributed by atoms with Gasteiger partial charge in [-0.05, 0) is 47.5 Å². The van der Waals surface area contributed by atoms with Crippen LogP contribution in [0.2, 0.25) is 0 Å². The number of nitrogens with zero attached hydrogens (tertiary/aromatic N) is 2. The third kappa shape index (κ3) is 2.98. The monoisotopic (exact) mass is 306 g/mol. The van der Waals surface area contributed by atoms with E-state index >= 15 is 0 Å². The minimum Gasteiger partial charge on any atom is -0.369 e. The summed E-state index contributed by atoms with van der Waals surface area (Å²) >= 11 is 3.51. The maximum atomic E-state index is 4.24. The van der Waals surface area contributed by atoms with Crippen LogP contribution in [-0.4, -0.2) is 16.5 Å². The molecule has 0 atom stereocenters. The molecule has 0 saturated carbocycles. The summed E-state index contributed by atoms with van der Waals surface area (Å²) in [6.45, 7) is 4.91. The molecule has 1 heterocycles. The first-order valence-corrected chi connectivity index (χ1v) is 6.58. The summed E-state index contributed by atoms with van der Waals surface area (Å²) in [5.41, 5.74) is 2.22. The average molecular weight is 307 g/mol. The van der Waals surface area contributed by atoms with Gasteiger partial charge in [0.25, 0.3) is 0 Å². The van der Waals surface area contributed by atoms with Crippen LogP contribution in [0.1, 0.15) is 12.5 Å². The molecule has 0 unspecified atom stereocenters. The Labute approximate surface area is 115 Å². The Morgan fingerprint density at radius 2 is 2.00 bits per heavy atom. The van der Waals surface area contributed by atoms with Gasteiger partial charge in [-0.3, -0.25) is 0 Å². The van der Waals surface area contributed by atoms with E-state index in [0.717, 1.165) is 28.3 Å². The van der Waals surface area contributed by atoms with Crippen LogP contribution < -0.4 is 10.6 Å². The van der Waals surface area contributed by atoms with Crippen molar-refractivity contribution in [1.82, 2.24) is 9.97 Å². The highest BCUT2D eigenvalue weighted by molar-refractivity contribution is 9.10. The van der Waals surface area contributed by atoms with E-state index in [1.165, 1.54) is 5.56 Å². The SMILES string of the molecule is CCNc1ncnc(Nc2cccc(C)c2)c1Br. The molecule has 0 amide bonds. The van der Waals surface area contributed by atoms with Gasteiger partial charge < -0.3 is 10.6 Å². The fraction of sp³-hybridized carbons (Fsp3) is 0.231. The van der Waals surface area contributed by atoms with Crippen LogP contribution in [0.3, 0.4) is 0 Å². The first kappa shape index (κ1) is 12.8. The molecule has 0 aliphatic heterocycles. The van der Waals surface area contributed by atoms with Crippen LogP contribution in [-0.2, 0) is 0 Å². The lowest BCUT2D eigenvalue weighted by Gasteiger charge is -2.11. The number of anilines is 3. The second-order valence-electron chi connectivity index (χ2n) is 3.91. The van der Waals surface area contributed by atoms with E-state index in [-0.39, 0.29) is 0 Å². The lowest BCUT2D eigenvalue weighted by Crippen LogP contribution is -2.03. The molecule has 2 aromatic rings. The van der Waals surface area contributed by atoms with E-state index in [2.05, 4.69) is 55.6 Å². The van der Waals surface area contributed by atoms with Gasteiger partial charge in [-0.15, -0.1) is 0 Å². The topological polar surface area (TPSA) is 49.8 Å². The second-order valence-corrected chi connectivity index (χ2v) is 4.70. The predicted molar refractivity (Wildman–Crippen MR) is 78.4 cm³/mol. The lowest BCUT2D eigenvalue weighted by atomic mass is 10.2. The Balaban J connectivity index is 2.26. The first-order chi connectivity index (χ1) is 8.70. The van der Waals surface area contributed by atoms with Crippen molar-refractivity contribution < 1.29 is 0 Å². The summed E-state index contributed by atoms with van der Waals surface area (Å²) in [5.74, 6) is 1.55. The van der Waals surface area contributed by atoms with Crippen LogP contribution in [0.25, 0.3) is 0 Å². The molecule has 2 rings (SSSR count). The highest BCUT2D eigenvalue weighted by Gasteiger charge is 2.07. The van der Waals surface area contributed by atoms with Gasteiger partial charge in [0.15, 0.2) is 0 Å². The van der Waals surface area contributed by atoms with Crippen molar-refractivity contribution in [3.8, 4) is 0 Å². The van der Waals surface area contributed by atoms with E-state index in [1.54, 1.807) is 6.33 Å². The Kier molecular flexibility index (Phi) is 4.15. The van der Waals surface area contributed by atoms with Gasteiger partial charge in [-0.25, -0.2) is 9.97 Å². The van der Waals surface area contributed by atoms with Gasteiger partial charge in [-0.1, -0.05) is 12.1 Å². The van der Waals surface area contributed by atoms with Gasteiger partial charge in [0.2, 0.25) is 0 Å². The van der Waals surface area contributed by atoms with Crippen molar-refractivity contribution in [3.05, 3.63) is 40.6 Å². The maximum absolute atomic E-state index is 4.24. The molecule has 0 radical (unpaired) electrons. The summed E-state index contributed by atoms with van der Waals surface area (Å²) in [6, 6.07) is 8.15. The Hall–Kier alpha value is -1.62. The molecule has 0 bridgehead atoms. The summed E-state index contributed by atoms with van der Waals surface area (Å²) in [5, 5.41) is 6.45. The summed E-state index contributed by atoms with van der Waals surface area (Å²) in [7, 11) is 0. The molecular weight excluding hydrogens is 292 g/mol. The predicted octanol–water partition coefficient (Wildman–Crippen LogP) is 3.72. The standard InChI is InChI=1S/C13H15BrN4/c1-3-15-12-11(14)13(17-8-16-12)18-10-6-4-5-9(2)7-10/h4-8H,3H2,1-2H3,(H2,15,16,17,18). The molecule has 2 N–H and O–H groups in total. The highest BCUT2D eigenvalue weighted by atomic mass is 79.9. The van der Waals surface area contributed by atoms with Gasteiger partial charge in [0, 0.05) is 12.2 Å². The van der Waals surface area contributed by atoms with Crippen LogP contribution in [0, 0.1) is 6.92 Å². The first-order valence-electron chi connectivity index (χ1n) is 5.78. The zero-order valence-corrected chi connectivity index (χ0v) is 12.0. The molecule has 0 fully saturated rings. The summed E-state index contributed by atoms with van der Waals surface area (Å²) in [6.07, 6.45) is 1.54. The third-order valence-electron chi connectivity index (χ3n) is 2.41. The van der Waals surface area contributed by atoms with Crippen LogP contribution in [0.15, 0.2) is 35.1 Å². The van der Waals surface area contributed by atoms with Crippen molar-refractivity contribution in [2.24, 2.45) is 0 Å². The van der Waals surface area contributed by atoms with Crippen LogP contribution in [0.4, 0.5) is 17.3 Å². The molecule has 5 heteroatoms. The number of nitrogens with one attached hydrogen (secondary N) is 2. The quantitative estimate of drug-likeness (QED) is 0.904. The largest absolute Gasteiger partial charge is 0.369 e. The fourth-order valence-electron chi connectivity index (χ4n) is 1.61. The zero-order valence-electron chi connectivity index (χ0n) is 10.4. The number of halogens is 1. The zero-order chi connectivity index (χ0) is 13.0. The number of hydrogen-bond donors (Lipinski definition) is 2. The molecule has 4 nitrogen and oxygen atoms in total. The fourth-order valence-corrected chi connectivity index (χ4v) is 2.05. The molecule has 0 aliphatic rings. The summed E-state index contributed by atoms with van der Waals surface area (Å²) < 4.78 is 0.841. The van der Waals surface area contributed by atoms with Gasteiger partial charge in [-0.2, -0.15) is 0 Å². The normalized spacial score (nSPS) is 10.2. The minimum absolute atomic E-state index is 0.756. The van der Waals surface area contributed by atoms with Gasteiger partial charge in [0.05, 0.1) is 0 Å². The molecule has 0 aliphatic carbocycles. The van der Waals surface area contributed by atoms with E-state index in [1.807, 2.05) is 19.1 Å². The molecule has 18 heavy (non-hydrogen) atoms. The van der Waals surface area contributed by atoms with Crippen LogP contribution >= 0.6 is 15.9 Å². The highest BCUT2D eigenvalue weighted by Crippen LogP contribution is 2.28. The number of rotatable bonds is 4. The average Bonchev–Trinajstić information content (AvgIpc) is 2.35. The van der Waals surface area contributed by atoms with Crippen molar-refractivity contribution in [1.29, 1.82) is 0 Å². The third-order valence-corrected chi connectivity index (χ3v) is 3.17. The number of aromatic nitrogens is 2. The van der Waals surface area contributed by atoms with E-state index in [9.17, 15) is 0 Å². The van der Waals surface area contributed by atoms with E-state index in [0.29, 0.717) is 0 Å². The number of aryl methyl sites for hydroxylation is 1. The minimum atomic E-state index is 0.756. The molecule has 94 valence electrons. The second kappa shape index (κ2) is 5.82. The Morgan fingerprint density at radius 1 is 1.22 bits per heavy atom. The summed E-state index contributed by atoms with van der Waals surface area (Å²) in [4.78, 5) is 8.42. The smallest absolute Gasteiger partial charge is 0.150 e.